The molecule has 0 atom stereocenters. The van der Waals surface area contributed by atoms with Gasteiger partial charge in [0.15, 0.2) is 0 Å². The SMILES string of the molecule is COc1cc(S(=O)(=O)N2CCN(c3nc(C)cc(N4CCOCC4)n3)CC2)c(C)cc1C. The monoisotopic (exact) mass is 461 g/mol. The number of benzene rings is 1. The third-order valence-corrected chi connectivity index (χ3v) is 8.04. The van der Waals surface area contributed by atoms with Crippen LogP contribution in [-0.4, -0.2) is 82.3 Å². The van der Waals surface area contributed by atoms with Crippen LogP contribution in [0.3, 0.4) is 0 Å². The van der Waals surface area contributed by atoms with E-state index in [0.717, 1.165) is 35.7 Å². The van der Waals surface area contributed by atoms with Crippen molar-refractivity contribution in [3.8, 4) is 5.75 Å². The molecule has 0 radical (unpaired) electrons. The number of anilines is 2. The summed E-state index contributed by atoms with van der Waals surface area (Å²) in [5, 5.41) is 0. The fourth-order valence-corrected chi connectivity index (χ4v) is 5.86. The molecule has 1 aromatic carbocycles. The highest BCUT2D eigenvalue weighted by Crippen LogP contribution is 2.29. The van der Waals surface area contributed by atoms with Crippen molar-refractivity contribution < 1.29 is 17.9 Å². The highest BCUT2D eigenvalue weighted by Gasteiger charge is 2.31. The molecule has 2 aliphatic heterocycles. The van der Waals surface area contributed by atoms with Gasteiger partial charge in [-0.2, -0.15) is 9.29 Å². The molecule has 4 rings (SSSR count). The summed E-state index contributed by atoms with van der Waals surface area (Å²) >= 11 is 0. The average molecular weight is 462 g/mol. The summed E-state index contributed by atoms with van der Waals surface area (Å²) in [5.74, 6) is 2.13. The molecule has 174 valence electrons. The highest BCUT2D eigenvalue weighted by molar-refractivity contribution is 7.89. The Morgan fingerprint density at radius 3 is 2.22 bits per heavy atom. The fraction of sp³-hybridized carbons (Fsp3) is 0.545. The van der Waals surface area contributed by atoms with Gasteiger partial charge in [-0.15, -0.1) is 0 Å². The minimum atomic E-state index is -3.62. The maximum absolute atomic E-state index is 13.3. The first-order chi connectivity index (χ1) is 15.3. The quantitative estimate of drug-likeness (QED) is 0.666. The van der Waals surface area contributed by atoms with Gasteiger partial charge in [-0.1, -0.05) is 6.07 Å². The molecule has 0 saturated carbocycles. The van der Waals surface area contributed by atoms with Crippen LogP contribution >= 0.6 is 0 Å². The summed E-state index contributed by atoms with van der Waals surface area (Å²) in [4.78, 5) is 14.0. The number of sulfonamides is 1. The molecule has 0 aliphatic carbocycles. The first-order valence-corrected chi connectivity index (χ1v) is 12.3. The highest BCUT2D eigenvalue weighted by atomic mass is 32.2. The molecule has 2 aromatic rings. The molecule has 32 heavy (non-hydrogen) atoms. The van der Waals surface area contributed by atoms with Gasteiger partial charge in [-0.05, 0) is 31.9 Å². The summed E-state index contributed by atoms with van der Waals surface area (Å²) in [6, 6.07) is 5.48. The average Bonchev–Trinajstić information content (AvgIpc) is 2.79. The van der Waals surface area contributed by atoms with Crippen LogP contribution in [0, 0.1) is 20.8 Å². The van der Waals surface area contributed by atoms with Gasteiger partial charge in [0.05, 0.1) is 25.2 Å². The lowest BCUT2D eigenvalue weighted by molar-refractivity contribution is 0.122. The second kappa shape index (κ2) is 9.21. The molecule has 1 aromatic heterocycles. The number of methoxy groups -OCH3 is 1. The number of hydrogen-bond acceptors (Lipinski definition) is 8. The van der Waals surface area contributed by atoms with E-state index in [1.54, 1.807) is 17.5 Å². The number of rotatable bonds is 5. The molecule has 2 aliphatic rings. The Morgan fingerprint density at radius 1 is 0.875 bits per heavy atom. The van der Waals surface area contributed by atoms with Crippen molar-refractivity contribution in [2.75, 3.05) is 69.4 Å². The lowest BCUT2D eigenvalue weighted by Gasteiger charge is -2.35. The van der Waals surface area contributed by atoms with E-state index in [1.165, 1.54) is 0 Å². The number of aryl methyl sites for hydroxylation is 3. The zero-order valence-corrected chi connectivity index (χ0v) is 20.0. The zero-order valence-electron chi connectivity index (χ0n) is 19.2. The Balaban J connectivity index is 1.50. The number of aromatic nitrogens is 2. The molecule has 3 heterocycles. The fourth-order valence-electron chi connectivity index (χ4n) is 4.21. The summed E-state index contributed by atoms with van der Waals surface area (Å²) in [6.45, 7) is 10.5. The standard InChI is InChI=1S/C22H31N5O4S/c1-16-13-17(2)20(15-19(16)30-4)32(28,29)27-7-5-26(6-8-27)22-23-18(3)14-21(24-22)25-9-11-31-12-10-25/h13-15H,5-12H2,1-4H3. The molecule has 10 heteroatoms. The predicted octanol–water partition coefficient (Wildman–Crippen LogP) is 1.76. The van der Waals surface area contributed by atoms with Crippen LogP contribution in [-0.2, 0) is 14.8 Å². The summed E-state index contributed by atoms with van der Waals surface area (Å²) in [5.41, 5.74) is 2.54. The van der Waals surface area contributed by atoms with E-state index in [4.69, 9.17) is 14.5 Å². The van der Waals surface area contributed by atoms with Gasteiger partial charge in [0.2, 0.25) is 16.0 Å². The van der Waals surface area contributed by atoms with E-state index in [2.05, 4.69) is 14.8 Å². The van der Waals surface area contributed by atoms with E-state index in [0.29, 0.717) is 56.0 Å². The summed E-state index contributed by atoms with van der Waals surface area (Å²) < 4.78 is 39.0. The van der Waals surface area contributed by atoms with Gasteiger partial charge in [0.25, 0.3) is 0 Å². The van der Waals surface area contributed by atoms with E-state index >= 15 is 0 Å². The third-order valence-electron chi connectivity index (χ3n) is 6.00. The first kappa shape index (κ1) is 22.8. The van der Waals surface area contributed by atoms with E-state index in [-0.39, 0.29) is 0 Å². The van der Waals surface area contributed by atoms with Gasteiger partial charge in [-0.25, -0.2) is 13.4 Å². The van der Waals surface area contributed by atoms with Crippen molar-refractivity contribution in [3.63, 3.8) is 0 Å². The summed E-state index contributed by atoms with van der Waals surface area (Å²) in [6.07, 6.45) is 0. The van der Waals surface area contributed by atoms with Crippen LogP contribution < -0.4 is 14.5 Å². The Morgan fingerprint density at radius 2 is 1.56 bits per heavy atom. The molecule has 2 saturated heterocycles. The van der Waals surface area contributed by atoms with Gasteiger partial charge >= 0.3 is 0 Å². The topological polar surface area (TPSA) is 88.1 Å². The minimum absolute atomic E-state index is 0.301. The van der Waals surface area contributed by atoms with Gasteiger partial charge < -0.3 is 19.3 Å². The van der Waals surface area contributed by atoms with Crippen molar-refractivity contribution in [2.45, 2.75) is 25.7 Å². The maximum Gasteiger partial charge on any atom is 0.243 e. The number of morpholine rings is 1. The molecule has 0 spiro atoms. The van der Waals surface area contributed by atoms with Crippen molar-refractivity contribution in [2.24, 2.45) is 0 Å². The van der Waals surface area contributed by atoms with Crippen molar-refractivity contribution in [1.82, 2.24) is 14.3 Å². The molecule has 0 N–H and O–H groups in total. The van der Waals surface area contributed by atoms with Crippen LogP contribution in [0.25, 0.3) is 0 Å². The largest absolute Gasteiger partial charge is 0.496 e. The number of piperazine rings is 1. The van der Waals surface area contributed by atoms with Crippen molar-refractivity contribution >= 4 is 21.8 Å². The van der Waals surface area contributed by atoms with Crippen molar-refractivity contribution in [3.05, 3.63) is 35.0 Å². The number of ether oxygens (including phenoxy) is 2. The van der Waals surface area contributed by atoms with Crippen LogP contribution in [0.4, 0.5) is 11.8 Å². The van der Waals surface area contributed by atoms with Crippen LogP contribution in [0.15, 0.2) is 23.1 Å². The number of hydrogen-bond donors (Lipinski definition) is 0. The lowest BCUT2D eigenvalue weighted by Crippen LogP contribution is -2.49. The minimum Gasteiger partial charge on any atom is -0.496 e. The normalized spacial score (nSPS) is 18.1. The second-order valence-corrected chi connectivity index (χ2v) is 10.2. The van der Waals surface area contributed by atoms with Gasteiger partial charge in [0, 0.05) is 57.1 Å². The Hall–Kier alpha value is -2.43. The molecule has 0 amide bonds. The smallest absolute Gasteiger partial charge is 0.243 e. The Bertz CT molecular complexity index is 1080. The Kier molecular flexibility index (Phi) is 6.55. The molecule has 2 fully saturated rings. The molecular weight excluding hydrogens is 430 g/mol. The van der Waals surface area contributed by atoms with E-state index < -0.39 is 10.0 Å². The van der Waals surface area contributed by atoms with Crippen LogP contribution in [0.2, 0.25) is 0 Å². The third kappa shape index (κ3) is 4.53. The molecule has 0 bridgehead atoms. The molecule has 9 nitrogen and oxygen atoms in total. The molecular formula is C22H31N5O4S. The van der Waals surface area contributed by atoms with Gasteiger partial charge in [-0.3, -0.25) is 0 Å². The van der Waals surface area contributed by atoms with Gasteiger partial charge in [0.1, 0.15) is 11.6 Å². The van der Waals surface area contributed by atoms with Crippen LogP contribution in [0.5, 0.6) is 5.75 Å². The maximum atomic E-state index is 13.3. The molecule has 0 unspecified atom stereocenters. The number of nitrogens with zero attached hydrogens (tertiary/aromatic N) is 5. The first-order valence-electron chi connectivity index (χ1n) is 10.9. The summed E-state index contributed by atoms with van der Waals surface area (Å²) in [7, 11) is -2.06. The predicted molar refractivity (Wildman–Crippen MR) is 123 cm³/mol. The van der Waals surface area contributed by atoms with E-state index in [9.17, 15) is 8.42 Å². The Labute approximate surface area is 190 Å². The van der Waals surface area contributed by atoms with Crippen molar-refractivity contribution in [1.29, 1.82) is 0 Å². The second-order valence-electron chi connectivity index (χ2n) is 8.25. The zero-order chi connectivity index (χ0) is 22.9. The lowest BCUT2D eigenvalue weighted by atomic mass is 10.1. The van der Waals surface area contributed by atoms with E-state index in [1.807, 2.05) is 32.9 Å². The van der Waals surface area contributed by atoms with Crippen LogP contribution in [0.1, 0.15) is 16.8 Å².